The minimum absolute atomic E-state index is 0.106. The highest BCUT2D eigenvalue weighted by molar-refractivity contribution is 5.67. The third kappa shape index (κ3) is 7.19. The summed E-state index contributed by atoms with van der Waals surface area (Å²) in [6.07, 6.45) is 0.449. The maximum absolute atomic E-state index is 11.4. The first-order valence-corrected chi connectivity index (χ1v) is 5.60. The van der Waals surface area contributed by atoms with Crippen LogP contribution < -0.4 is 11.1 Å². The van der Waals surface area contributed by atoms with Gasteiger partial charge in [0.05, 0.1) is 6.61 Å². The number of nitrogens with one attached hydrogen (secondary N) is 1. The van der Waals surface area contributed by atoms with E-state index in [0.717, 1.165) is 6.42 Å². The van der Waals surface area contributed by atoms with Crippen LogP contribution >= 0.6 is 0 Å². The van der Waals surface area contributed by atoms with E-state index >= 15 is 0 Å². The molecule has 4 nitrogen and oxygen atoms in total. The first-order valence-electron chi connectivity index (χ1n) is 5.60. The van der Waals surface area contributed by atoms with Crippen LogP contribution in [0.3, 0.4) is 0 Å². The van der Waals surface area contributed by atoms with Crippen molar-refractivity contribution in [1.29, 1.82) is 0 Å². The minimum atomic E-state index is -0.337. The minimum Gasteiger partial charge on any atom is -0.449 e. The van der Waals surface area contributed by atoms with E-state index in [1.54, 1.807) is 0 Å². The summed E-state index contributed by atoms with van der Waals surface area (Å²) in [5.41, 5.74) is 5.47. The first kappa shape index (κ1) is 14.2. The van der Waals surface area contributed by atoms with Crippen LogP contribution in [0.25, 0.3) is 0 Å². The summed E-state index contributed by atoms with van der Waals surface area (Å²) in [4.78, 5) is 11.4. The number of ether oxygens (including phenoxy) is 1. The van der Waals surface area contributed by atoms with Crippen LogP contribution in [0.2, 0.25) is 0 Å². The lowest BCUT2D eigenvalue weighted by Gasteiger charge is -2.21. The highest BCUT2D eigenvalue weighted by Crippen LogP contribution is 2.05. The van der Waals surface area contributed by atoms with Crippen molar-refractivity contribution in [3.63, 3.8) is 0 Å². The van der Waals surface area contributed by atoms with Crippen molar-refractivity contribution < 1.29 is 9.53 Å². The second-order valence-electron chi connectivity index (χ2n) is 4.56. The van der Waals surface area contributed by atoms with Crippen LogP contribution in [0, 0.1) is 11.8 Å². The summed E-state index contributed by atoms with van der Waals surface area (Å²) >= 11 is 0. The molecule has 0 aromatic rings. The zero-order valence-electron chi connectivity index (χ0n) is 10.2. The van der Waals surface area contributed by atoms with Gasteiger partial charge in [-0.25, -0.2) is 4.79 Å². The number of rotatable bonds is 6. The first-order chi connectivity index (χ1) is 6.97. The quantitative estimate of drug-likeness (QED) is 0.711. The predicted molar refractivity (Wildman–Crippen MR) is 61.6 cm³/mol. The molecular weight excluding hydrogens is 192 g/mol. The average molecular weight is 216 g/mol. The lowest BCUT2D eigenvalue weighted by Crippen LogP contribution is -2.40. The van der Waals surface area contributed by atoms with Crippen molar-refractivity contribution in [3.05, 3.63) is 0 Å². The molecule has 0 radical (unpaired) electrons. The second kappa shape index (κ2) is 7.51. The number of hydrogen-bond donors (Lipinski definition) is 2. The Kier molecular flexibility index (Phi) is 7.13. The van der Waals surface area contributed by atoms with E-state index in [1.165, 1.54) is 0 Å². The van der Waals surface area contributed by atoms with Gasteiger partial charge in [0.15, 0.2) is 0 Å². The molecule has 0 saturated carbocycles. The zero-order chi connectivity index (χ0) is 11.8. The molecule has 15 heavy (non-hydrogen) atoms. The maximum Gasteiger partial charge on any atom is 0.407 e. The maximum atomic E-state index is 11.4. The fourth-order valence-corrected chi connectivity index (χ4v) is 1.19. The van der Waals surface area contributed by atoms with E-state index in [0.29, 0.717) is 25.0 Å². The van der Waals surface area contributed by atoms with Crippen molar-refractivity contribution >= 4 is 6.09 Å². The average Bonchev–Trinajstić information content (AvgIpc) is 2.14. The molecule has 0 spiro atoms. The van der Waals surface area contributed by atoms with Gasteiger partial charge >= 0.3 is 6.09 Å². The molecule has 90 valence electrons. The number of alkyl carbamates (subject to hydrolysis) is 1. The van der Waals surface area contributed by atoms with Gasteiger partial charge in [-0.15, -0.1) is 0 Å². The number of carbonyl (C=O) groups excluding carboxylic acids is 1. The molecule has 0 aromatic heterocycles. The Labute approximate surface area is 92.6 Å². The van der Waals surface area contributed by atoms with Gasteiger partial charge in [-0.05, 0) is 24.8 Å². The molecule has 0 fully saturated rings. The Balaban J connectivity index is 3.89. The molecule has 1 unspecified atom stereocenters. The van der Waals surface area contributed by atoms with Crippen LogP contribution in [0.15, 0.2) is 0 Å². The van der Waals surface area contributed by atoms with Gasteiger partial charge in [-0.1, -0.05) is 27.7 Å². The molecule has 0 saturated heterocycles. The number of carbonyl (C=O) groups is 1. The highest BCUT2D eigenvalue weighted by Gasteiger charge is 2.15. The van der Waals surface area contributed by atoms with Gasteiger partial charge in [0, 0.05) is 6.04 Å². The summed E-state index contributed by atoms with van der Waals surface area (Å²) < 4.78 is 5.04. The van der Waals surface area contributed by atoms with Crippen molar-refractivity contribution in [1.82, 2.24) is 5.32 Å². The fourth-order valence-electron chi connectivity index (χ4n) is 1.19. The second-order valence-corrected chi connectivity index (χ2v) is 4.56. The van der Waals surface area contributed by atoms with Gasteiger partial charge in [-0.3, -0.25) is 0 Å². The van der Waals surface area contributed by atoms with Crippen LogP contribution in [0.5, 0.6) is 0 Å². The van der Waals surface area contributed by atoms with Crippen molar-refractivity contribution in [2.24, 2.45) is 17.6 Å². The molecule has 0 heterocycles. The van der Waals surface area contributed by atoms with Gasteiger partial charge in [0.25, 0.3) is 0 Å². The molecule has 0 aliphatic heterocycles. The summed E-state index contributed by atoms with van der Waals surface area (Å²) in [6, 6.07) is 0.106. The standard InChI is InChI=1S/C11H24N2O2/c1-8(2)7-15-11(14)13-10(5-6-12)9(3)4/h8-10H,5-7,12H2,1-4H3,(H,13,14). The smallest absolute Gasteiger partial charge is 0.407 e. The summed E-state index contributed by atoms with van der Waals surface area (Å²) in [6.45, 7) is 9.17. The molecule has 0 rings (SSSR count). The van der Waals surface area contributed by atoms with Crippen LogP contribution in [-0.4, -0.2) is 25.3 Å². The number of hydrogen-bond acceptors (Lipinski definition) is 3. The SMILES string of the molecule is CC(C)COC(=O)NC(CCN)C(C)C. The van der Waals surface area contributed by atoms with Gasteiger partial charge in [-0.2, -0.15) is 0 Å². The van der Waals surface area contributed by atoms with Crippen LogP contribution in [0.4, 0.5) is 4.79 Å². The summed E-state index contributed by atoms with van der Waals surface area (Å²) in [7, 11) is 0. The highest BCUT2D eigenvalue weighted by atomic mass is 16.5. The van der Waals surface area contributed by atoms with Crippen molar-refractivity contribution in [3.8, 4) is 0 Å². The van der Waals surface area contributed by atoms with Crippen LogP contribution in [0.1, 0.15) is 34.1 Å². The molecule has 4 heteroatoms. The summed E-state index contributed by atoms with van der Waals surface area (Å²) in [5.74, 6) is 0.739. The zero-order valence-corrected chi connectivity index (χ0v) is 10.2. The molecule has 0 aromatic carbocycles. The van der Waals surface area contributed by atoms with E-state index < -0.39 is 0 Å². The lowest BCUT2D eigenvalue weighted by atomic mass is 10.0. The molecule has 1 amide bonds. The molecule has 0 aliphatic rings. The molecule has 0 aliphatic carbocycles. The van der Waals surface area contributed by atoms with Gasteiger partial charge in [0.1, 0.15) is 0 Å². The fraction of sp³-hybridized carbons (Fsp3) is 0.909. The normalized spacial score (nSPS) is 13.0. The van der Waals surface area contributed by atoms with E-state index in [-0.39, 0.29) is 12.1 Å². The number of nitrogens with two attached hydrogens (primary N) is 1. The van der Waals surface area contributed by atoms with Gasteiger partial charge < -0.3 is 15.8 Å². The molecule has 1 atom stereocenters. The van der Waals surface area contributed by atoms with Gasteiger partial charge in [0.2, 0.25) is 0 Å². The molecular formula is C11H24N2O2. The topological polar surface area (TPSA) is 64.3 Å². The van der Waals surface area contributed by atoms with E-state index in [9.17, 15) is 4.79 Å². The Morgan fingerprint density at radius 2 is 1.93 bits per heavy atom. The molecule has 3 N–H and O–H groups in total. The predicted octanol–water partition coefficient (Wildman–Crippen LogP) is 1.74. The van der Waals surface area contributed by atoms with Crippen molar-refractivity contribution in [2.45, 2.75) is 40.2 Å². The summed E-state index contributed by atoms with van der Waals surface area (Å²) in [5, 5.41) is 2.83. The molecule has 0 bridgehead atoms. The van der Waals surface area contributed by atoms with Crippen LogP contribution in [-0.2, 0) is 4.74 Å². The Morgan fingerprint density at radius 1 is 1.33 bits per heavy atom. The third-order valence-electron chi connectivity index (χ3n) is 2.13. The number of amides is 1. The Bertz CT molecular complexity index is 181. The van der Waals surface area contributed by atoms with Crippen molar-refractivity contribution in [2.75, 3.05) is 13.2 Å². The largest absolute Gasteiger partial charge is 0.449 e. The Morgan fingerprint density at radius 3 is 2.33 bits per heavy atom. The Hall–Kier alpha value is -0.770. The monoisotopic (exact) mass is 216 g/mol. The van der Waals surface area contributed by atoms with E-state index in [2.05, 4.69) is 19.2 Å². The third-order valence-corrected chi connectivity index (χ3v) is 2.13. The van der Waals surface area contributed by atoms with E-state index in [1.807, 2.05) is 13.8 Å². The van der Waals surface area contributed by atoms with E-state index in [4.69, 9.17) is 10.5 Å². The lowest BCUT2D eigenvalue weighted by molar-refractivity contribution is 0.126.